The maximum atomic E-state index is 11.8. The number of carboxylic acids is 1. The number of carbonyl (C=O) groups is 2. The van der Waals surface area contributed by atoms with Crippen LogP contribution in [0.25, 0.3) is 0 Å². The first-order valence-electron chi connectivity index (χ1n) is 7.72. The highest BCUT2D eigenvalue weighted by molar-refractivity contribution is 5.84. The molecule has 0 aliphatic carbocycles. The number of hydrazone groups is 1. The van der Waals surface area contributed by atoms with E-state index in [-0.39, 0.29) is 12.5 Å². The Bertz CT molecular complexity index is 775. The van der Waals surface area contributed by atoms with Crippen molar-refractivity contribution in [3.05, 3.63) is 54.1 Å². The molecule has 1 amide bonds. The van der Waals surface area contributed by atoms with Gasteiger partial charge in [-0.1, -0.05) is 12.1 Å². The highest BCUT2D eigenvalue weighted by Crippen LogP contribution is 2.22. The molecule has 2 aromatic rings. The predicted molar refractivity (Wildman–Crippen MR) is 96.8 cm³/mol. The Hall–Kier alpha value is -3.55. The molecule has 0 saturated heterocycles. The fourth-order valence-electron chi connectivity index (χ4n) is 1.98. The van der Waals surface area contributed by atoms with Gasteiger partial charge in [0, 0.05) is 0 Å². The summed E-state index contributed by atoms with van der Waals surface area (Å²) >= 11 is 0. The molecule has 0 fully saturated rings. The fourth-order valence-corrected chi connectivity index (χ4v) is 1.98. The maximum Gasteiger partial charge on any atom is 0.341 e. The second kappa shape index (κ2) is 9.67. The summed E-state index contributed by atoms with van der Waals surface area (Å²) in [6.45, 7) is -0.359. The van der Waals surface area contributed by atoms with Crippen LogP contribution in [0.5, 0.6) is 11.5 Å². The highest BCUT2D eigenvalue weighted by Gasteiger charge is 2.04. The molecule has 0 aromatic heterocycles. The first-order valence-corrected chi connectivity index (χ1v) is 7.72. The van der Waals surface area contributed by atoms with Gasteiger partial charge in [0.1, 0.15) is 11.5 Å². The third-order valence-electron chi connectivity index (χ3n) is 3.19. The van der Waals surface area contributed by atoms with E-state index in [9.17, 15) is 9.59 Å². The second-order valence-corrected chi connectivity index (χ2v) is 5.10. The summed E-state index contributed by atoms with van der Waals surface area (Å²) in [4.78, 5) is 22.2. The lowest BCUT2D eigenvalue weighted by Gasteiger charge is -2.09. The topological polar surface area (TPSA) is 109 Å². The maximum absolute atomic E-state index is 11.8. The lowest BCUT2D eigenvalue weighted by atomic mass is 10.2. The minimum absolute atomic E-state index is 0.0413. The van der Waals surface area contributed by atoms with E-state index in [1.807, 2.05) is 18.2 Å². The Morgan fingerprint density at radius 3 is 2.58 bits per heavy atom. The van der Waals surface area contributed by atoms with Crippen LogP contribution in [0.4, 0.5) is 5.69 Å². The van der Waals surface area contributed by atoms with Crippen molar-refractivity contribution in [2.24, 2.45) is 5.10 Å². The number of para-hydroxylation sites is 2. The van der Waals surface area contributed by atoms with Gasteiger partial charge in [-0.15, -0.1) is 0 Å². The summed E-state index contributed by atoms with van der Waals surface area (Å²) in [6.07, 6.45) is 1.47. The third kappa shape index (κ3) is 6.16. The number of carboxylic acid groups (broad SMARTS) is 1. The Morgan fingerprint density at radius 1 is 1.15 bits per heavy atom. The van der Waals surface area contributed by atoms with Gasteiger partial charge in [-0.05, 0) is 42.0 Å². The number of benzene rings is 2. The fraction of sp³-hybridized carbons (Fsp3) is 0.167. The van der Waals surface area contributed by atoms with Crippen LogP contribution in [-0.2, 0) is 9.59 Å². The molecule has 2 aromatic carbocycles. The van der Waals surface area contributed by atoms with E-state index in [1.54, 1.807) is 37.4 Å². The van der Waals surface area contributed by atoms with Gasteiger partial charge in [-0.3, -0.25) is 4.79 Å². The Kier molecular flexibility index (Phi) is 6.99. The molecule has 26 heavy (non-hydrogen) atoms. The quantitative estimate of drug-likeness (QED) is 0.466. The van der Waals surface area contributed by atoms with Crippen LogP contribution in [0.3, 0.4) is 0 Å². The van der Waals surface area contributed by atoms with Crippen molar-refractivity contribution in [2.45, 2.75) is 0 Å². The number of hydrogen-bond acceptors (Lipinski definition) is 6. The van der Waals surface area contributed by atoms with E-state index in [2.05, 4.69) is 15.8 Å². The molecule has 0 radical (unpaired) electrons. The Balaban J connectivity index is 1.78. The molecule has 0 unspecified atom stereocenters. The lowest BCUT2D eigenvalue weighted by molar-refractivity contribution is -0.139. The first kappa shape index (κ1) is 18.8. The summed E-state index contributed by atoms with van der Waals surface area (Å²) < 4.78 is 10.2. The molecule has 0 bridgehead atoms. The van der Waals surface area contributed by atoms with Crippen LogP contribution in [-0.4, -0.2) is 43.5 Å². The van der Waals surface area contributed by atoms with Gasteiger partial charge in [0.25, 0.3) is 5.91 Å². The molecule has 0 spiro atoms. The molecular formula is C18H19N3O5. The smallest absolute Gasteiger partial charge is 0.341 e. The van der Waals surface area contributed by atoms with Crippen molar-refractivity contribution in [3.63, 3.8) is 0 Å². The summed E-state index contributed by atoms with van der Waals surface area (Å²) in [7, 11) is 1.56. The molecule has 0 atom stereocenters. The van der Waals surface area contributed by atoms with E-state index >= 15 is 0 Å². The van der Waals surface area contributed by atoms with E-state index in [0.717, 1.165) is 5.56 Å². The summed E-state index contributed by atoms with van der Waals surface area (Å²) in [6, 6.07) is 13.9. The number of carbonyl (C=O) groups excluding carboxylic acids is 1. The molecule has 0 saturated carbocycles. The Morgan fingerprint density at radius 2 is 1.88 bits per heavy atom. The standard InChI is InChI=1S/C18H19N3O5/c1-25-16-5-3-2-4-15(16)19-11-17(22)21-20-10-13-6-8-14(9-7-13)26-12-18(23)24/h2-10,19H,11-12H2,1H3,(H,21,22)(H,23,24)/b20-10-. The van der Waals surface area contributed by atoms with Crippen LogP contribution >= 0.6 is 0 Å². The zero-order valence-electron chi connectivity index (χ0n) is 14.1. The second-order valence-electron chi connectivity index (χ2n) is 5.10. The highest BCUT2D eigenvalue weighted by atomic mass is 16.5. The average Bonchev–Trinajstić information content (AvgIpc) is 2.66. The normalized spacial score (nSPS) is 10.3. The monoisotopic (exact) mass is 357 g/mol. The molecule has 0 heterocycles. The number of anilines is 1. The molecule has 0 aliphatic heterocycles. The SMILES string of the molecule is COc1ccccc1NCC(=O)N/N=C\c1ccc(OCC(=O)O)cc1. The molecular weight excluding hydrogens is 338 g/mol. The van der Waals surface area contributed by atoms with E-state index in [4.69, 9.17) is 14.6 Å². The van der Waals surface area contributed by atoms with Crippen molar-refractivity contribution in [3.8, 4) is 11.5 Å². The van der Waals surface area contributed by atoms with E-state index in [0.29, 0.717) is 17.2 Å². The van der Waals surface area contributed by atoms with Gasteiger partial charge < -0.3 is 19.9 Å². The number of methoxy groups -OCH3 is 1. The summed E-state index contributed by atoms with van der Waals surface area (Å²) in [5, 5.41) is 15.4. The Labute approximate surface area is 150 Å². The van der Waals surface area contributed by atoms with Crippen LogP contribution in [0.1, 0.15) is 5.56 Å². The zero-order chi connectivity index (χ0) is 18.8. The van der Waals surface area contributed by atoms with E-state index < -0.39 is 12.6 Å². The number of ether oxygens (including phenoxy) is 2. The molecule has 3 N–H and O–H groups in total. The van der Waals surface area contributed by atoms with Gasteiger partial charge in [0.2, 0.25) is 0 Å². The number of hydrogen-bond donors (Lipinski definition) is 3. The number of nitrogens with zero attached hydrogens (tertiary/aromatic N) is 1. The lowest BCUT2D eigenvalue weighted by Crippen LogP contribution is -2.26. The van der Waals surface area contributed by atoms with Gasteiger partial charge >= 0.3 is 5.97 Å². The molecule has 8 nitrogen and oxygen atoms in total. The number of amides is 1. The van der Waals surface area contributed by atoms with Gasteiger partial charge in [0.15, 0.2) is 6.61 Å². The van der Waals surface area contributed by atoms with Crippen molar-refractivity contribution < 1.29 is 24.2 Å². The van der Waals surface area contributed by atoms with Gasteiger partial charge in [0.05, 0.1) is 25.6 Å². The number of rotatable bonds is 9. The van der Waals surface area contributed by atoms with Crippen molar-refractivity contribution in [1.29, 1.82) is 0 Å². The summed E-state index contributed by atoms with van der Waals surface area (Å²) in [5.74, 6) is -0.266. The molecule has 2 rings (SSSR count). The average molecular weight is 357 g/mol. The number of aliphatic carboxylic acids is 1. The van der Waals surface area contributed by atoms with Crippen molar-refractivity contribution >= 4 is 23.8 Å². The van der Waals surface area contributed by atoms with Crippen LogP contribution in [0.15, 0.2) is 53.6 Å². The van der Waals surface area contributed by atoms with Crippen molar-refractivity contribution in [1.82, 2.24) is 5.43 Å². The molecule has 8 heteroatoms. The van der Waals surface area contributed by atoms with Crippen LogP contribution in [0.2, 0.25) is 0 Å². The van der Waals surface area contributed by atoms with Gasteiger partial charge in [-0.2, -0.15) is 5.10 Å². The predicted octanol–water partition coefficient (Wildman–Crippen LogP) is 1.72. The number of nitrogens with one attached hydrogen (secondary N) is 2. The summed E-state index contributed by atoms with van der Waals surface area (Å²) in [5.41, 5.74) is 3.85. The molecule has 136 valence electrons. The minimum Gasteiger partial charge on any atom is -0.495 e. The third-order valence-corrected chi connectivity index (χ3v) is 3.19. The molecule has 0 aliphatic rings. The van der Waals surface area contributed by atoms with Crippen LogP contribution in [0, 0.1) is 0 Å². The van der Waals surface area contributed by atoms with Crippen LogP contribution < -0.4 is 20.2 Å². The van der Waals surface area contributed by atoms with Crippen molar-refractivity contribution in [2.75, 3.05) is 25.6 Å². The van der Waals surface area contributed by atoms with Gasteiger partial charge in [-0.25, -0.2) is 10.2 Å². The minimum atomic E-state index is -1.04. The van der Waals surface area contributed by atoms with E-state index in [1.165, 1.54) is 6.21 Å². The zero-order valence-corrected chi connectivity index (χ0v) is 14.1. The first-order chi connectivity index (χ1) is 12.6. The largest absolute Gasteiger partial charge is 0.495 e.